The van der Waals surface area contributed by atoms with Crippen molar-refractivity contribution in [2.24, 2.45) is 0 Å². The van der Waals surface area contributed by atoms with Gasteiger partial charge in [-0.1, -0.05) is 286 Å². The van der Waals surface area contributed by atoms with Crippen LogP contribution in [0.4, 0.5) is 0 Å². The maximum Gasteiger partial charge on any atom is 0.306 e. The first kappa shape index (κ1) is 73.8. The van der Waals surface area contributed by atoms with E-state index in [0.29, 0.717) is 19.3 Å². The number of carbonyl (C=O) groups is 3. The fourth-order valence-corrected chi connectivity index (χ4v) is 9.60. The van der Waals surface area contributed by atoms with Crippen molar-refractivity contribution in [3.05, 3.63) is 72.9 Å². The fourth-order valence-electron chi connectivity index (χ4n) is 9.60. The number of ether oxygens (including phenoxy) is 3. The highest BCUT2D eigenvalue weighted by Gasteiger charge is 2.19. The van der Waals surface area contributed by atoms with Crippen LogP contribution in [0.25, 0.3) is 0 Å². The summed E-state index contributed by atoms with van der Waals surface area (Å²) in [7, 11) is 0. The van der Waals surface area contributed by atoms with Crippen molar-refractivity contribution >= 4 is 17.9 Å². The Bertz CT molecular complexity index is 1420. The Labute approximate surface area is 478 Å². The van der Waals surface area contributed by atoms with Gasteiger partial charge in [0.25, 0.3) is 0 Å². The quantitative estimate of drug-likeness (QED) is 0.0261. The lowest BCUT2D eigenvalue weighted by atomic mass is 10.0. The van der Waals surface area contributed by atoms with E-state index in [0.717, 1.165) is 64.2 Å². The van der Waals surface area contributed by atoms with Gasteiger partial charge in [-0.05, 0) is 109 Å². The molecule has 0 aromatic rings. The zero-order chi connectivity index (χ0) is 55.7. The number of esters is 3. The first-order valence-electron chi connectivity index (χ1n) is 33.4. The van der Waals surface area contributed by atoms with Crippen LogP contribution in [-0.2, 0) is 28.6 Å². The topological polar surface area (TPSA) is 78.9 Å². The highest BCUT2D eigenvalue weighted by atomic mass is 16.6. The maximum absolute atomic E-state index is 12.9. The first-order chi connectivity index (χ1) is 38.0. The van der Waals surface area contributed by atoms with E-state index in [9.17, 15) is 14.4 Å². The molecule has 0 aromatic heterocycles. The summed E-state index contributed by atoms with van der Waals surface area (Å²) in [6, 6.07) is 0. The minimum absolute atomic E-state index is 0.0909. The number of hydrogen-bond acceptors (Lipinski definition) is 6. The number of carbonyl (C=O) groups excluding carboxylic acids is 3. The van der Waals surface area contributed by atoms with E-state index in [1.807, 2.05) is 0 Å². The van der Waals surface area contributed by atoms with E-state index >= 15 is 0 Å². The molecule has 6 nitrogen and oxygen atoms in total. The van der Waals surface area contributed by atoms with E-state index in [2.05, 4.69) is 93.7 Å². The minimum atomic E-state index is -0.799. The van der Waals surface area contributed by atoms with Crippen LogP contribution in [0.5, 0.6) is 0 Å². The van der Waals surface area contributed by atoms with Crippen molar-refractivity contribution in [2.45, 2.75) is 348 Å². The second-order valence-corrected chi connectivity index (χ2v) is 22.4. The first-order valence-corrected chi connectivity index (χ1v) is 33.4. The molecule has 0 aromatic carbocycles. The van der Waals surface area contributed by atoms with E-state index in [1.165, 1.54) is 231 Å². The molecule has 0 bridgehead atoms. The molecule has 6 heteroatoms. The Morgan fingerprint density at radius 1 is 0.260 bits per heavy atom. The van der Waals surface area contributed by atoms with Crippen LogP contribution in [0, 0.1) is 0 Å². The Balaban J connectivity index is 4.40. The smallest absolute Gasteiger partial charge is 0.306 e. The molecule has 0 fully saturated rings. The standard InChI is InChI=1S/C71H126O6/c1-4-7-10-13-16-19-22-25-28-31-33-35-37-40-43-46-49-52-55-58-61-64-70(73)76-67-68(66-75-69(72)63-60-57-54-51-48-45-42-39-30-27-24-21-18-15-12-9-6-3)77-71(74)65-62-59-56-53-50-47-44-41-38-36-34-32-29-26-23-20-17-14-11-8-5-2/h18,21,25-30,42,45,51,54,68H,4-17,19-20,22-24,31-41,43-44,46-50,52-53,55-67H2,1-3H3/b21-18-,28-25-,29-26-,30-27-,45-42-,54-51-/t68-/m1/s1. The monoisotopic (exact) mass is 1070 g/mol. The molecular formula is C71H126O6. The van der Waals surface area contributed by atoms with Crippen LogP contribution in [-0.4, -0.2) is 37.2 Å². The van der Waals surface area contributed by atoms with Gasteiger partial charge < -0.3 is 14.2 Å². The molecular weight excluding hydrogens is 949 g/mol. The second-order valence-electron chi connectivity index (χ2n) is 22.4. The minimum Gasteiger partial charge on any atom is -0.462 e. The molecule has 0 radical (unpaired) electrons. The number of hydrogen-bond donors (Lipinski definition) is 0. The van der Waals surface area contributed by atoms with E-state index in [4.69, 9.17) is 14.2 Å². The Kier molecular flexibility index (Phi) is 62.7. The van der Waals surface area contributed by atoms with Gasteiger partial charge in [0, 0.05) is 19.3 Å². The second kappa shape index (κ2) is 65.4. The molecule has 0 N–H and O–H groups in total. The highest BCUT2D eigenvalue weighted by molar-refractivity contribution is 5.71. The van der Waals surface area contributed by atoms with Gasteiger partial charge in [0.1, 0.15) is 13.2 Å². The van der Waals surface area contributed by atoms with Crippen LogP contribution in [0.15, 0.2) is 72.9 Å². The van der Waals surface area contributed by atoms with Gasteiger partial charge >= 0.3 is 17.9 Å². The third kappa shape index (κ3) is 63.6. The van der Waals surface area contributed by atoms with Gasteiger partial charge in [0.05, 0.1) is 0 Å². The molecule has 77 heavy (non-hydrogen) atoms. The normalized spacial score (nSPS) is 12.5. The maximum atomic E-state index is 12.9. The summed E-state index contributed by atoms with van der Waals surface area (Å²) in [6.45, 7) is 6.60. The highest BCUT2D eigenvalue weighted by Crippen LogP contribution is 2.17. The van der Waals surface area contributed by atoms with Gasteiger partial charge in [0.2, 0.25) is 0 Å². The summed E-state index contributed by atoms with van der Waals surface area (Å²) < 4.78 is 16.9. The van der Waals surface area contributed by atoms with Crippen molar-refractivity contribution in [1.29, 1.82) is 0 Å². The predicted octanol–water partition coefficient (Wildman–Crippen LogP) is 22.9. The summed E-state index contributed by atoms with van der Waals surface area (Å²) in [5.74, 6) is -0.934. The summed E-state index contributed by atoms with van der Waals surface area (Å²) in [4.78, 5) is 38.4. The summed E-state index contributed by atoms with van der Waals surface area (Å²) in [6.07, 6.45) is 84.9. The lowest BCUT2D eigenvalue weighted by Gasteiger charge is -2.18. The average molecular weight is 1080 g/mol. The zero-order valence-electron chi connectivity index (χ0n) is 51.2. The van der Waals surface area contributed by atoms with Crippen molar-refractivity contribution < 1.29 is 28.6 Å². The van der Waals surface area contributed by atoms with Crippen molar-refractivity contribution in [3.8, 4) is 0 Å². The zero-order valence-corrected chi connectivity index (χ0v) is 51.2. The molecule has 0 spiro atoms. The number of unbranched alkanes of at least 4 members (excludes halogenated alkanes) is 38. The molecule has 0 aliphatic carbocycles. The molecule has 0 heterocycles. The Morgan fingerprint density at radius 2 is 0.481 bits per heavy atom. The molecule has 0 aliphatic rings. The van der Waals surface area contributed by atoms with Crippen LogP contribution < -0.4 is 0 Å². The van der Waals surface area contributed by atoms with Crippen LogP contribution >= 0.6 is 0 Å². The largest absolute Gasteiger partial charge is 0.462 e. The van der Waals surface area contributed by atoms with Gasteiger partial charge in [-0.25, -0.2) is 0 Å². The number of rotatable bonds is 61. The molecule has 0 unspecified atom stereocenters. The fraction of sp³-hybridized carbons (Fsp3) is 0.789. The molecule has 0 saturated heterocycles. The summed E-state index contributed by atoms with van der Waals surface area (Å²) in [5.41, 5.74) is 0. The van der Waals surface area contributed by atoms with Gasteiger partial charge in [-0.15, -0.1) is 0 Å². The van der Waals surface area contributed by atoms with Gasteiger partial charge in [-0.2, -0.15) is 0 Å². The van der Waals surface area contributed by atoms with Gasteiger partial charge in [-0.3, -0.25) is 14.4 Å². The third-order valence-electron chi connectivity index (χ3n) is 14.7. The van der Waals surface area contributed by atoms with Crippen LogP contribution in [0.1, 0.15) is 342 Å². The van der Waals surface area contributed by atoms with Crippen molar-refractivity contribution in [1.82, 2.24) is 0 Å². The summed E-state index contributed by atoms with van der Waals surface area (Å²) in [5, 5.41) is 0. The van der Waals surface area contributed by atoms with E-state index in [1.54, 1.807) is 0 Å². The van der Waals surface area contributed by atoms with Crippen molar-refractivity contribution in [3.63, 3.8) is 0 Å². The lowest BCUT2D eigenvalue weighted by Crippen LogP contribution is -2.30. The summed E-state index contributed by atoms with van der Waals surface area (Å²) >= 11 is 0. The van der Waals surface area contributed by atoms with Crippen LogP contribution in [0.3, 0.4) is 0 Å². The van der Waals surface area contributed by atoms with Crippen molar-refractivity contribution in [2.75, 3.05) is 13.2 Å². The molecule has 0 saturated carbocycles. The molecule has 0 rings (SSSR count). The molecule has 0 aliphatic heterocycles. The third-order valence-corrected chi connectivity index (χ3v) is 14.7. The SMILES string of the molecule is CCCCC/C=C\C/C=C\C/C=C\C/C=C\CCCC(=O)OC[C@H](COC(=O)CCCCCCCCCCCCC/C=C\CCCCCCCC)OC(=O)CCCCCCCCCCCCC/C=C\CCCCCCCC. The van der Waals surface area contributed by atoms with E-state index in [-0.39, 0.29) is 37.5 Å². The van der Waals surface area contributed by atoms with Gasteiger partial charge in [0.15, 0.2) is 6.10 Å². The predicted molar refractivity (Wildman–Crippen MR) is 335 cm³/mol. The Hall–Kier alpha value is -3.15. The molecule has 446 valence electrons. The lowest BCUT2D eigenvalue weighted by molar-refractivity contribution is -0.167. The Morgan fingerprint density at radius 3 is 0.818 bits per heavy atom. The molecule has 1 atom stereocenters. The van der Waals surface area contributed by atoms with E-state index < -0.39 is 6.10 Å². The number of allylic oxidation sites excluding steroid dienone is 12. The molecule has 0 amide bonds. The van der Waals surface area contributed by atoms with Crippen LogP contribution in [0.2, 0.25) is 0 Å². The average Bonchev–Trinajstić information content (AvgIpc) is 3.43.